The maximum atomic E-state index is 12.5. The molecule has 6 nitrogen and oxygen atoms in total. The Labute approximate surface area is 174 Å². The van der Waals surface area contributed by atoms with Gasteiger partial charge in [0.15, 0.2) is 6.61 Å². The Morgan fingerprint density at radius 2 is 1.90 bits per heavy atom. The number of rotatable bonds is 7. The van der Waals surface area contributed by atoms with Crippen molar-refractivity contribution < 1.29 is 18.7 Å². The van der Waals surface area contributed by atoms with Crippen LogP contribution in [0, 0.1) is 13.8 Å². The zero-order valence-electron chi connectivity index (χ0n) is 16.6. The average Bonchev–Trinajstić information content (AvgIpc) is 3.31. The normalized spacial score (nSPS) is 10.8. The number of carbonyl (C=O) groups is 2. The molecule has 2 heterocycles. The van der Waals surface area contributed by atoms with Crippen LogP contribution >= 0.6 is 11.6 Å². The second-order valence-corrected chi connectivity index (χ2v) is 7.34. The first kappa shape index (κ1) is 20.7. The third-order valence-corrected chi connectivity index (χ3v) is 5.03. The van der Waals surface area contributed by atoms with Crippen LogP contribution in [0.15, 0.2) is 53.1 Å². The summed E-state index contributed by atoms with van der Waals surface area (Å²) in [5.74, 6) is 0.000417. The quantitative estimate of drug-likeness (QED) is 0.543. The van der Waals surface area contributed by atoms with Gasteiger partial charge in [0.25, 0.3) is 5.91 Å². The molecule has 0 unspecified atom stereocenters. The van der Waals surface area contributed by atoms with Crippen LogP contribution in [0.25, 0.3) is 0 Å². The predicted octanol–water partition coefficient (Wildman–Crippen LogP) is 4.22. The first-order chi connectivity index (χ1) is 13.8. The van der Waals surface area contributed by atoms with E-state index in [9.17, 15) is 9.59 Å². The van der Waals surface area contributed by atoms with E-state index in [1.165, 1.54) is 4.90 Å². The number of hydrogen-bond acceptors (Lipinski definition) is 4. The highest BCUT2D eigenvalue weighted by molar-refractivity contribution is 6.30. The molecule has 1 aromatic carbocycles. The van der Waals surface area contributed by atoms with E-state index in [1.54, 1.807) is 31.5 Å². The van der Waals surface area contributed by atoms with E-state index in [1.807, 2.05) is 42.7 Å². The van der Waals surface area contributed by atoms with Gasteiger partial charge >= 0.3 is 5.97 Å². The third kappa shape index (κ3) is 5.09. The summed E-state index contributed by atoms with van der Waals surface area (Å²) in [7, 11) is 1.67. The Bertz CT molecular complexity index is 991. The molecule has 7 heteroatoms. The Kier molecular flexibility index (Phi) is 6.44. The lowest BCUT2D eigenvalue weighted by atomic mass is 10.2. The molecule has 152 valence electrons. The Morgan fingerprint density at radius 3 is 2.55 bits per heavy atom. The first-order valence-corrected chi connectivity index (χ1v) is 9.57. The van der Waals surface area contributed by atoms with Gasteiger partial charge in [-0.15, -0.1) is 0 Å². The molecule has 3 aromatic rings. The van der Waals surface area contributed by atoms with Crippen LogP contribution in [0.1, 0.15) is 33.1 Å². The number of nitrogens with zero attached hydrogens (tertiary/aromatic N) is 2. The molecule has 0 bridgehead atoms. The van der Waals surface area contributed by atoms with Gasteiger partial charge in [-0.3, -0.25) is 4.79 Å². The summed E-state index contributed by atoms with van der Waals surface area (Å²) < 4.78 is 12.6. The molecule has 2 aromatic heterocycles. The zero-order valence-corrected chi connectivity index (χ0v) is 17.4. The van der Waals surface area contributed by atoms with Gasteiger partial charge in [-0.05, 0) is 49.7 Å². The predicted molar refractivity (Wildman–Crippen MR) is 110 cm³/mol. The summed E-state index contributed by atoms with van der Waals surface area (Å²) in [6.45, 7) is 4.38. The monoisotopic (exact) mass is 414 g/mol. The molecule has 0 spiro atoms. The van der Waals surface area contributed by atoms with E-state index in [4.69, 9.17) is 20.8 Å². The molecule has 0 aliphatic heterocycles. The smallest absolute Gasteiger partial charge is 0.340 e. The topological polar surface area (TPSA) is 64.7 Å². The molecule has 0 saturated carbocycles. The molecule has 0 aliphatic rings. The Hall–Kier alpha value is -2.99. The van der Waals surface area contributed by atoms with Crippen molar-refractivity contribution in [1.29, 1.82) is 0 Å². The maximum absolute atomic E-state index is 12.5. The second kappa shape index (κ2) is 9.01. The van der Waals surface area contributed by atoms with Gasteiger partial charge in [-0.25, -0.2) is 4.79 Å². The number of aryl methyl sites for hydroxylation is 1. The number of halogens is 1. The summed E-state index contributed by atoms with van der Waals surface area (Å²) in [5.41, 5.74) is 3.07. The van der Waals surface area contributed by atoms with Crippen LogP contribution in [0.4, 0.5) is 0 Å². The average molecular weight is 415 g/mol. The van der Waals surface area contributed by atoms with Crippen molar-refractivity contribution in [3.8, 4) is 0 Å². The molecule has 0 fully saturated rings. The number of benzene rings is 1. The van der Waals surface area contributed by atoms with Gasteiger partial charge in [-0.1, -0.05) is 23.7 Å². The van der Waals surface area contributed by atoms with Crippen molar-refractivity contribution in [3.05, 3.63) is 82.0 Å². The maximum Gasteiger partial charge on any atom is 0.340 e. The molecular weight excluding hydrogens is 392 g/mol. The molecule has 0 atom stereocenters. The van der Waals surface area contributed by atoms with Crippen molar-refractivity contribution >= 4 is 23.5 Å². The number of amides is 1. The van der Waals surface area contributed by atoms with Crippen LogP contribution in [0.3, 0.4) is 0 Å². The van der Waals surface area contributed by atoms with Crippen molar-refractivity contribution in [2.45, 2.75) is 26.9 Å². The number of hydrogen-bond donors (Lipinski definition) is 0. The van der Waals surface area contributed by atoms with E-state index < -0.39 is 5.97 Å². The number of furan rings is 1. The number of likely N-dealkylation sites (N-methyl/N-ethyl adjacent to an activating group) is 1. The fourth-order valence-corrected chi connectivity index (χ4v) is 3.20. The Balaban J connectivity index is 1.58. The van der Waals surface area contributed by atoms with Gasteiger partial charge < -0.3 is 18.6 Å². The zero-order chi connectivity index (χ0) is 21.0. The molecule has 0 radical (unpaired) electrons. The van der Waals surface area contributed by atoms with Crippen LogP contribution in [-0.2, 0) is 22.6 Å². The van der Waals surface area contributed by atoms with Crippen molar-refractivity contribution in [3.63, 3.8) is 0 Å². The van der Waals surface area contributed by atoms with Crippen molar-refractivity contribution in [2.24, 2.45) is 0 Å². The number of carbonyl (C=O) groups excluding carboxylic acids is 2. The Morgan fingerprint density at radius 1 is 1.17 bits per heavy atom. The minimum atomic E-state index is -0.517. The van der Waals surface area contributed by atoms with Gasteiger partial charge in [0.1, 0.15) is 5.76 Å². The SMILES string of the molecule is Cc1cc(C(=O)OCC(=O)N(C)Cc2ccc(Cl)cc2)c(C)n1Cc1ccco1. The minimum Gasteiger partial charge on any atom is -0.467 e. The van der Waals surface area contributed by atoms with Crippen LogP contribution in [0.2, 0.25) is 5.02 Å². The van der Waals surface area contributed by atoms with Gasteiger partial charge in [0, 0.05) is 30.0 Å². The van der Waals surface area contributed by atoms with Gasteiger partial charge in [0.05, 0.1) is 18.4 Å². The summed E-state index contributed by atoms with van der Waals surface area (Å²) in [6, 6.07) is 12.7. The summed E-state index contributed by atoms with van der Waals surface area (Å²) >= 11 is 5.87. The fourth-order valence-electron chi connectivity index (χ4n) is 3.08. The van der Waals surface area contributed by atoms with Crippen LogP contribution < -0.4 is 0 Å². The lowest BCUT2D eigenvalue weighted by Crippen LogP contribution is -2.30. The first-order valence-electron chi connectivity index (χ1n) is 9.20. The molecule has 3 rings (SSSR count). The van der Waals surface area contributed by atoms with Crippen LogP contribution in [-0.4, -0.2) is 35.0 Å². The highest BCUT2D eigenvalue weighted by atomic mass is 35.5. The van der Waals surface area contributed by atoms with Gasteiger partial charge in [-0.2, -0.15) is 0 Å². The van der Waals surface area contributed by atoms with Crippen molar-refractivity contribution in [1.82, 2.24) is 9.47 Å². The molecule has 29 heavy (non-hydrogen) atoms. The summed E-state index contributed by atoms with van der Waals surface area (Å²) in [4.78, 5) is 26.3. The van der Waals surface area contributed by atoms with E-state index in [-0.39, 0.29) is 12.5 Å². The van der Waals surface area contributed by atoms with Crippen LogP contribution in [0.5, 0.6) is 0 Å². The second-order valence-electron chi connectivity index (χ2n) is 6.90. The highest BCUT2D eigenvalue weighted by Crippen LogP contribution is 2.18. The molecule has 1 amide bonds. The number of ether oxygens (including phenoxy) is 1. The number of esters is 1. The lowest BCUT2D eigenvalue weighted by molar-refractivity contribution is -0.133. The molecular formula is C22H23ClN2O4. The standard InChI is InChI=1S/C22H23ClN2O4/c1-15-11-20(16(2)25(15)13-19-5-4-10-28-19)22(27)29-14-21(26)24(3)12-17-6-8-18(23)9-7-17/h4-11H,12-14H2,1-3H3. The lowest BCUT2D eigenvalue weighted by Gasteiger charge is -2.17. The van der Waals surface area contributed by atoms with Gasteiger partial charge in [0.2, 0.25) is 0 Å². The highest BCUT2D eigenvalue weighted by Gasteiger charge is 2.19. The molecule has 0 saturated heterocycles. The van der Waals surface area contributed by atoms with E-state index >= 15 is 0 Å². The van der Waals surface area contributed by atoms with E-state index in [0.29, 0.717) is 23.7 Å². The summed E-state index contributed by atoms with van der Waals surface area (Å²) in [6.07, 6.45) is 1.62. The number of aromatic nitrogens is 1. The minimum absolute atomic E-state index is 0.280. The summed E-state index contributed by atoms with van der Waals surface area (Å²) in [5, 5.41) is 0.640. The van der Waals surface area contributed by atoms with E-state index in [0.717, 1.165) is 22.7 Å². The van der Waals surface area contributed by atoms with Crippen molar-refractivity contribution in [2.75, 3.05) is 13.7 Å². The largest absolute Gasteiger partial charge is 0.467 e. The molecule has 0 aliphatic carbocycles. The van der Waals surface area contributed by atoms with E-state index in [2.05, 4.69) is 0 Å². The molecule has 0 N–H and O–H groups in total. The fraction of sp³-hybridized carbons (Fsp3) is 0.273. The third-order valence-electron chi connectivity index (χ3n) is 4.77.